The van der Waals surface area contributed by atoms with Gasteiger partial charge in [-0.15, -0.1) is 0 Å². The fourth-order valence-electron chi connectivity index (χ4n) is 4.81. The number of carbonyl (C=O) groups is 1. The number of piperazine rings is 1. The van der Waals surface area contributed by atoms with Gasteiger partial charge < -0.3 is 24.6 Å². The second-order valence-electron chi connectivity index (χ2n) is 9.23. The first kappa shape index (κ1) is 23.7. The number of anilines is 1. The number of halogens is 1. The van der Waals surface area contributed by atoms with Gasteiger partial charge in [0.2, 0.25) is 0 Å². The molecule has 2 fully saturated rings. The third kappa shape index (κ3) is 5.99. The van der Waals surface area contributed by atoms with E-state index in [1.807, 2.05) is 30.3 Å². The molecule has 2 aromatic rings. The van der Waals surface area contributed by atoms with Crippen molar-refractivity contribution in [3.05, 3.63) is 47.2 Å². The van der Waals surface area contributed by atoms with E-state index in [4.69, 9.17) is 14.5 Å². The largest absolute Gasteiger partial charge is 0.462 e. The summed E-state index contributed by atoms with van der Waals surface area (Å²) in [6.07, 6.45) is 0.429. The van der Waals surface area contributed by atoms with Crippen LogP contribution in [0.1, 0.15) is 23.2 Å². The number of likely N-dealkylation sites (tertiary alicyclic amines) is 1. The van der Waals surface area contributed by atoms with Gasteiger partial charge in [-0.25, -0.2) is 9.18 Å². The van der Waals surface area contributed by atoms with E-state index in [9.17, 15) is 9.18 Å². The molecule has 5 rings (SSSR count). The lowest BCUT2D eigenvalue weighted by Crippen LogP contribution is -2.49. The van der Waals surface area contributed by atoms with Crippen LogP contribution in [-0.2, 0) is 24.3 Å². The number of nitrogens with one attached hydrogen (secondary N) is 1. The number of nitrogens with zero attached hydrogens (tertiary/aromatic N) is 5. The van der Waals surface area contributed by atoms with E-state index in [0.29, 0.717) is 64.9 Å². The molecular weight excluding hydrogens is 451 g/mol. The highest BCUT2D eigenvalue weighted by atomic mass is 19.1. The van der Waals surface area contributed by atoms with Crippen molar-refractivity contribution in [2.75, 3.05) is 63.9 Å². The van der Waals surface area contributed by atoms with Crippen molar-refractivity contribution in [3.8, 4) is 6.01 Å². The van der Waals surface area contributed by atoms with Gasteiger partial charge in [-0.05, 0) is 24.9 Å². The lowest BCUT2D eigenvalue weighted by atomic mass is 10.1. The van der Waals surface area contributed by atoms with Gasteiger partial charge in [0.25, 0.3) is 0 Å². The van der Waals surface area contributed by atoms with Gasteiger partial charge in [0, 0.05) is 57.9 Å². The van der Waals surface area contributed by atoms with Gasteiger partial charge >= 0.3 is 12.1 Å². The minimum absolute atomic E-state index is 0.274. The van der Waals surface area contributed by atoms with Crippen molar-refractivity contribution in [2.45, 2.75) is 32.2 Å². The van der Waals surface area contributed by atoms with Crippen molar-refractivity contribution in [1.29, 1.82) is 0 Å². The molecular formula is C25H33FN6O3. The molecule has 1 N–H and O–H groups in total. The molecule has 1 aromatic carbocycles. The maximum absolute atomic E-state index is 13.4. The van der Waals surface area contributed by atoms with Gasteiger partial charge in [0.05, 0.1) is 5.69 Å². The minimum atomic E-state index is -0.734. The second kappa shape index (κ2) is 11.2. The number of aromatic nitrogens is 2. The highest BCUT2D eigenvalue weighted by Gasteiger charge is 2.28. The highest BCUT2D eigenvalue weighted by molar-refractivity contribution is 5.68. The number of benzene rings is 1. The van der Waals surface area contributed by atoms with Crippen LogP contribution in [0.3, 0.4) is 0 Å². The lowest BCUT2D eigenvalue weighted by molar-refractivity contribution is 0.0941. The Labute approximate surface area is 205 Å². The quantitative estimate of drug-likeness (QED) is 0.639. The Hall–Kier alpha value is -2.98. The zero-order chi connectivity index (χ0) is 24.0. The van der Waals surface area contributed by atoms with E-state index < -0.39 is 6.17 Å². The van der Waals surface area contributed by atoms with E-state index in [1.165, 1.54) is 0 Å². The summed E-state index contributed by atoms with van der Waals surface area (Å²) >= 11 is 0. The Morgan fingerprint density at radius 1 is 1.11 bits per heavy atom. The van der Waals surface area contributed by atoms with Crippen LogP contribution in [0.4, 0.5) is 15.0 Å². The summed E-state index contributed by atoms with van der Waals surface area (Å²) in [5.41, 5.74) is 3.09. The van der Waals surface area contributed by atoms with E-state index in [0.717, 1.165) is 42.1 Å². The first-order valence-electron chi connectivity index (χ1n) is 12.5. The minimum Gasteiger partial charge on any atom is -0.462 e. The summed E-state index contributed by atoms with van der Waals surface area (Å²) in [5, 5.41) is 3.37. The zero-order valence-corrected chi connectivity index (χ0v) is 20.0. The van der Waals surface area contributed by atoms with Crippen LogP contribution >= 0.6 is 0 Å². The molecule has 0 radical (unpaired) electrons. The second-order valence-corrected chi connectivity index (χ2v) is 9.23. The van der Waals surface area contributed by atoms with Crippen LogP contribution in [0.15, 0.2) is 30.3 Å². The third-order valence-electron chi connectivity index (χ3n) is 6.79. The average molecular weight is 485 g/mol. The van der Waals surface area contributed by atoms with Crippen molar-refractivity contribution in [2.24, 2.45) is 0 Å². The topological polar surface area (TPSA) is 83.1 Å². The number of carbonyl (C=O) groups excluding carboxylic acids is 1. The number of amides is 1. The first-order valence-corrected chi connectivity index (χ1v) is 12.5. The van der Waals surface area contributed by atoms with Crippen LogP contribution in [0.5, 0.6) is 6.01 Å². The summed E-state index contributed by atoms with van der Waals surface area (Å²) < 4.78 is 24.8. The van der Waals surface area contributed by atoms with E-state index in [-0.39, 0.29) is 12.7 Å². The molecule has 0 saturated carbocycles. The molecule has 188 valence electrons. The van der Waals surface area contributed by atoms with Crippen molar-refractivity contribution >= 4 is 11.9 Å². The molecule has 10 heteroatoms. The molecule has 1 amide bonds. The van der Waals surface area contributed by atoms with Crippen LogP contribution in [0.25, 0.3) is 0 Å². The van der Waals surface area contributed by atoms with Crippen molar-refractivity contribution in [1.82, 2.24) is 25.1 Å². The van der Waals surface area contributed by atoms with Crippen LogP contribution < -0.4 is 15.0 Å². The third-order valence-corrected chi connectivity index (χ3v) is 6.79. The molecule has 2 saturated heterocycles. The molecule has 0 bridgehead atoms. The van der Waals surface area contributed by atoms with Crippen LogP contribution in [0, 0.1) is 0 Å². The number of hydrogen-bond acceptors (Lipinski definition) is 8. The maximum atomic E-state index is 13.4. The number of fused-ring (bicyclic) bond motifs is 1. The Bertz CT molecular complexity index is 1000. The Morgan fingerprint density at radius 2 is 1.94 bits per heavy atom. The number of alkyl halides is 1. The fourth-order valence-corrected chi connectivity index (χ4v) is 4.81. The Morgan fingerprint density at radius 3 is 2.71 bits per heavy atom. The molecule has 1 aromatic heterocycles. The monoisotopic (exact) mass is 484 g/mol. The maximum Gasteiger partial charge on any atom is 0.410 e. The smallest absolute Gasteiger partial charge is 0.410 e. The summed E-state index contributed by atoms with van der Waals surface area (Å²) in [6.45, 7) is 6.65. The SMILES string of the molecule is O=C(OCc1ccccc1)N1CCN(c2nc(OCCN3CC[C@@H](F)C3)nc3c2CCNC3)CC1. The summed E-state index contributed by atoms with van der Waals surface area (Å²) in [7, 11) is 0. The summed E-state index contributed by atoms with van der Waals surface area (Å²) in [6, 6.07) is 10.1. The Balaban J connectivity index is 1.18. The van der Waals surface area contributed by atoms with E-state index in [1.54, 1.807) is 4.90 Å². The van der Waals surface area contributed by atoms with Crippen LogP contribution in [-0.4, -0.2) is 91.0 Å². The molecule has 0 spiro atoms. The number of hydrogen-bond donors (Lipinski definition) is 1. The molecule has 4 heterocycles. The lowest BCUT2D eigenvalue weighted by Gasteiger charge is -2.36. The van der Waals surface area contributed by atoms with Gasteiger partial charge in [-0.3, -0.25) is 4.90 Å². The van der Waals surface area contributed by atoms with E-state index in [2.05, 4.69) is 20.1 Å². The first-order chi connectivity index (χ1) is 17.2. The van der Waals surface area contributed by atoms with Gasteiger partial charge in [0.15, 0.2) is 0 Å². The zero-order valence-electron chi connectivity index (χ0n) is 20.0. The van der Waals surface area contributed by atoms with E-state index >= 15 is 0 Å². The van der Waals surface area contributed by atoms with Gasteiger partial charge in [0.1, 0.15) is 25.2 Å². The predicted octanol–water partition coefficient (Wildman–Crippen LogP) is 2.00. The molecule has 3 aliphatic heterocycles. The normalized spacial score (nSPS) is 20.5. The van der Waals surface area contributed by atoms with Crippen molar-refractivity contribution < 1.29 is 18.7 Å². The average Bonchev–Trinajstić information content (AvgIpc) is 3.32. The highest BCUT2D eigenvalue weighted by Crippen LogP contribution is 2.27. The molecule has 0 unspecified atom stereocenters. The molecule has 1 atom stereocenters. The number of ether oxygens (including phenoxy) is 2. The number of rotatable bonds is 7. The fraction of sp³-hybridized carbons (Fsp3) is 0.560. The molecule has 3 aliphatic rings. The van der Waals surface area contributed by atoms with Crippen LogP contribution in [0.2, 0.25) is 0 Å². The standard InChI is InChI=1S/C25H33FN6O3/c26-20-7-9-30(17-20)14-15-34-24-28-22-16-27-8-6-21(22)23(29-24)31-10-12-32(13-11-31)25(33)35-18-19-4-2-1-3-5-19/h1-5,20,27H,6-18H2/t20-/m1/s1. The van der Waals surface area contributed by atoms with Gasteiger partial charge in [-0.1, -0.05) is 30.3 Å². The van der Waals surface area contributed by atoms with Crippen molar-refractivity contribution in [3.63, 3.8) is 0 Å². The molecule has 35 heavy (non-hydrogen) atoms. The molecule has 9 nitrogen and oxygen atoms in total. The summed E-state index contributed by atoms with van der Waals surface area (Å²) in [5.74, 6) is 0.897. The summed E-state index contributed by atoms with van der Waals surface area (Å²) in [4.78, 5) is 28.0. The predicted molar refractivity (Wildman–Crippen MR) is 129 cm³/mol. The Kier molecular flexibility index (Phi) is 7.58. The van der Waals surface area contributed by atoms with Gasteiger partial charge in [-0.2, -0.15) is 9.97 Å². The molecule has 0 aliphatic carbocycles.